The summed E-state index contributed by atoms with van der Waals surface area (Å²) >= 11 is 5.83. The molecule has 0 atom stereocenters. The van der Waals surface area contributed by atoms with E-state index in [1.807, 2.05) is 0 Å². The molecule has 1 aromatic carbocycles. The van der Waals surface area contributed by atoms with Crippen molar-refractivity contribution in [3.05, 3.63) is 35.2 Å². The van der Waals surface area contributed by atoms with Gasteiger partial charge < -0.3 is 15.2 Å². The molecule has 0 unspecified atom stereocenters. The Kier molecular flexibility index (Phi) is 9.13. The molecule has 2 N–H and O–H groups in total. The molecule has 2 aromatic rings. The van der Waals surface area contributed by atoms with Gasteiger partial charge in [-0.1, -0.05) is 16.8 Å². The summed E-state index contributed by atoms with van der Waals surface area (Å²) in [5.41, 5.74) is 0.775. The molecule has 0 aliphatic carbocycles. The molecule has 0 fully saturated rings. The number of guanidine groups is 1. The average molecular weight is 504 g/mol. The Labute approximate surface area is 170 Å². The van der Waals surface area contributed by atoms with Crippen LogP contribution in [0.3, 0.4) is 0 Å². The van der Waals surface area contributed by atoms with Crippen molar-refractivity contribution < 1.29 is 17.7 Å². The maximum absolute atomic E-state index is 12.1. The maximum Gasteiger partial charge on any atom is 0.390 e. The molecule has 0 aliphatic rings. The molecule has 1 heterocycles. The van der Waals surface area contributed by atoms with Crippen LogP contribution in [-0.4, -0.2) is 42.4 Å². The minimum atomic E-state index is -4.20. The molecule has 26 heavy (non-hydrogen) atoms. The number of halogens is 5. The van der Waals surface area contributed by atoms with Crippen LogP contribution in [0, 0.1) is 0 Å². The lowest BCUT2D eigenvalue weighted by molar-refractivity contribution is -0.132. The molecule has 1 aromatic heterocycles. The van der Waals surface area contributed by atoms with Gasteiger partial charge in [-0.15, -0.1) is 24.0 Å². The van der Waals surface area contributed by atoms with E-state index in [9.17, 15) is 13.2 Å². The van der Waals surface area contributed by atoms with Gasteiger partial charge in [-0.25, -0.2) is 0 Å². The molecule has 0 saturated heterocycles. The van der Waals surface area contributed by atoms with Crippen molar-refractivity contribution in [2.75, 3.05) is 20.1 Å². The summed E-state index contributed by atoms with van der Waals surface area (Å²) < 4.78 is 41.5. The Hall–Kier alpha value is -1.56. The molecule has 6 nitrogen and oxygen atoms in total. The molecule has 0 saturated carbocycles. The molecule has 0 spiro atoms. The number of benzene rings is 1. The standard InChI is InChI=1S/C15H17ClF3N5O.HI/c1-20-14(22-9-7-15(17,18)19)21-8-6-12-23-13(24-25-12)10-2-4-11(16)5-3-10;/h2-5H,6-9H2,1H3,(H2,20,21,22);1H. The van der Waals surface area contributed by atoms with Gasteiger partial charge in [0.25, 0.3) is 0 Å². The van der Waals surface area contributed by atoms with E-state index in [2.05, 4.69) is 25.8 Å². The van der Waals surface area contributed by atoms with Gasteiger partial charge in [-0.3, -0.25) is 4.99 Å². The van der Waals surface area contributed by atoms with Crippen molar-refractivity contribution in [2.45, 2.75) is 19.0 Å². The SMILES string of the molecule is CN=C(NCCc1nc(-c2ccc(Cl)cc2)no1)NCCC(F)(F)F.I. The zero-order chi connectivity index (χ0) is 18.3. The van der Waals surface area contributed by atoms with Gasteiger partial charge in [-0.05, 0) is 24.3 Å². The molecule has 11 heteroatoms. The van der Waals surface area contributed by atoms with E-state index in [1.165, 1.54) is 7.05 Å². The van der Waals surface area contributed by atoms with Crippen LogP contribution < -0.4 is 10.6 Å². The van der Waals surface area contributed by atoms with Crippen LogP contribution in [0.4, 0.5) is 13.2 Å². The second kappa shape index (κ2) is 10.6. The predicted molar refractivity (Wildman–Crippen MR) is 104 cm³/mol. The number of hydrogen-bond donors (Lipinski definition) is 2. The van der Waals surface area contributed by atoms with Gasteiger partial charge in [-0.2, -0.15) is 18.2 Å². The third-order valence-corrected chi connectivity index (χ3v) is 3.38. The zero-order valence-electron chi connectivity index (χ0n) is 13.8. The molecule has 144 valence electrons. The molecule has 2 rings (SSSR count). The lowest BCUT2D eigenvalue weighted by Crippen LogP contribution is -2.39. The summed E-state index contributed by atoms with van der Waals surface area (Å²) in [7, 11) is 1.48. The summed E-state index contributed by atoms with van der Waals surface area (Å²) in [6.07, 6.45) is -4.73. The van der Waals surface area contributed by atoms with E-state index in [0.29, 0.717) is 29.7 Å². The Morgan fingerprint density at radius 1 is 1.19 bits per heavy atom. The van der Waals surface area contributed by atoms with Crippen LogP contribution in [0.15, 0.2) is 33.8 Å². The fraction of sp³-hybridized carbons (Fsp3) is 0.400. The largest absolute Gasteiger partial charge is 0.390 e. The quantitative estimate of drug-likeness (QED) is 0.358. The van der Waals surface area contributed by atoms with E-state index in [4.69, 9.17) is 16.1 Å². The number of nitrogens with one attached hydrogen (secondary N) is 2. The normalized spacial score (nSPS) is 11.8. The highest BCUT2D eigenvalue weighted by atomic mass is 127. The second-order valence-electron chi connectivity index (χ2n) is 5.06. The molecule has 0 aliphatic heterocycles. The number of alkyl halides is 3. The Bertz CT molecular complexity index is 706. The van der Waals surface area contributed by atoms with Crippen LogP contribution in [0.5, 0.6) is 0 Å². The summed E-state index contributed by atoms with van der Waals surface area (Å²) in [6, 6.07) is 7.01. The number of aromatic nitrogens is 2. The van der Waals surface area contributed by atoms with Crippen LogP contribution in [0.1, 0.15) is 12.3 Å². The number of nitrogens with zero attached hydrogens (tertiary/aromatic N) is 3. The average Bonchev–Trinajstić information content (AvgIpc) is 3.02. The number of rotatable bonds is 6. The minimum Gasteiger partial charge on any atom is -0.356 e. The third kappa shape index (κ3) is 7.77. The highest BCUT2D eigenvalue weighted by Crippen LogP contribution is 2.19. The molecular formula is C15H18ClF3IN5O. The van der Waals surface area contributed by atoms with Gasteiger partial charge in [0.2, 0.25) is 11.7 Å². The van der Waals surface area contributed by atoms with Gasteiger partial charge in [0.05, 0.1) is 6.42 Å². The van der Waals surface area contributed by atoms with E-state index in [0.717, 1.165) is 5.56 Å². The summed E-state index contributed by atoms with van der Waals surface area (Å²) in [6.45, 7) is 0.137. The Morgan fingerprint density at radius 2 is 1.85 bits per heavy atom. The topological polar surface area (TPSA) is 75.3 Å². The Balaban J connectivity index is 0.00000338. The molecule has 0 amide bonds. The first-order chi connectivity index (χ1) is 11.9. The van der Waals surface area contributed by atoms with E-state index < -0.39 is 12.6 Å². The smallest absolute Gasteiger partial charge is 0.356 e. The summed E-state index contributed by atoms with van der Waals surface area (Å²) in [5, 5.41) is 9.97. The minimum absolute atomic E-state index is 0. The lowest BCUT2D eigenvalue weighted by atomic mass is 10.2. The Morgan fingerprint density at radius 3 is 2.46 bits per heavy atom. The van der Waals surface area contributed by atoms with Gasteiger partial charge >= 0.3 is 6.18 Å². The van der Waals surface area contributed by atoms with Crippen molar-refractivity contribution in [1.82, 2.24) is 20.8 Å². The van der Waals surface area contributed by atoms with Crippen molar-refractivity contribution in [3.8, 4) is 11.4 Å². The van der Waals surface area contributed by atoms with Crippen molar-refractivity contribution in [3.63, 3.8) is 0 Å². The fourth-order valence-electron chi connectivity index (χ4n) is 1.90. The van der Waals surface area contributed by atoms with Crippen molar-refractivity contribution in [2.24, 2.45) is 4.99 Å². The maximum atomic E-state index is 12.1. The van der Waals surface area contributed by atoms with E-state index >= 15 is 0 Å². The first-order valence-corrected chi connectivity index (χ1v) is 7.85. The first-order valence-electron chi connectivity index (χ1n) is 7.47. The monoisotopic (exact) mass is 503 g/mol. The van der Waals surface area contributed by atoms with Crippen LogP contribution in [0.2, 0.25) is 5.02 Å². The van der Waals surface area contributed by atoms with E-state index in [-0.39, 0.29) is 36.5 Å². The molecule has 0 bridgehead atoms. The van der Waals surface area contributed by atoms with Gasteiger partial charge in [0.15, 0.2) is 5.96 Å². The summed E-state index contributed by atoms with van der Waals surface area (Å²) in [5.74, 6) is 1.13. The zero-order valence-corrected chi connectivity index (χ0v) is 16.9. The third-order valence-electron chi connectivity index (χ3n) is 3.13. The van der Waals surface area contributed by atoms with Gasteiger partial charge in [0, 0.05) is 37.1 Å². The number of aliphatic imine (C=N–C) groups is 1. The fourth-order valence-corrected chi connectivity index (χ4v) is 2.03. The second-order valence-corrected chi connectivity index (χ2v) is 5.50. The van der Waals surface area contributed by atoms with Crippen molar-refractivity contribution >= 4 is 41.5 Å². The van der Waals surface area contributed by atoms with E-state index in [1.54, 1.807) is 24.3 Å². The first kappa shape index (κ1) is 22.5. The number of hydrogen-bond acceptors (Lipinski definition) is 4. The molecule has 0 radical (unpaired) electrons. The van der Waals surface area contributed by atoms with Gasteiger partial charge in [0.1, 0.15) is 0 Å². The van der Waals surface area contributed by atoms with Crippen molar-refractivity contribution in [1.29, 1.82) is 0 Å². The summed E-state index contributed by atoms with van der Waals surface area (Å²) in [4.78, 5) is 8.11. The van der Waals surface area contributed by atoms with Crippen LogP contribution in [0.25, 0.3) is 11.4 Å². The highest BCUT2D eigenvalue weighted by Gasteiger charge is 2.26. The molecular weight excluding hydrogens is 486 g/mol. The predicted octanol–water partition coefficient (Wildman–Crippen LogP) is 3.67. The highest BCUT2D eigenvalue weighted by molar-refractivity contribution is 14.0. The van der Waals surface area contributed by atoms with Crippen LogP contribution in [-0.2, 0) is 6.42 Å². The van der Waals surface area contributed by atoms with Crippen LogP contribution >= 0.6 is 35.6 Å². The lowest BCUT2D eigenvalue weighted by Gasteiger charge is -2.12.